The van der Waals surface area contributed by atoms with E-state index in [1.165, 1.54) is 0 Å². The van der Waals surface area contributed by atoms with Crippen LogP contribution in [0.4, 0.5) is 0 Å². The van der Waals surface area contributed by atoms with Crippen LogP contribution in [0.25, 0.3) is 0 Å². The van der Waals surface area contributed by atoms with Crippen molar-refractivity contribution in [3.63, 3.8) is 0 Å². The van der Waals surface area contributed by atoms with Crippen molar-refractivity contribution >= 4 is 24.6 Å². The normalized spacial score (nSPS) is 11.9. The summed E-state index contributed by atoms with van der Waals surface area (Å²) in [6, 6.07) is 0. The molecule has 0 N–H and O–H groups in total. The van der Waals surface area contributed by atoms with Crippen LogP contribution in [-0.4, -0.2) is 18.6 Å². The van der Waals surface area contributed by atoms with Gasteiger partial charge in [-0.25, -0.2) is 0 Å². The Hall–Kier alpha value is 0.650. The molecule has 0 aromatic rings. The molecule has 0 saturated carbocycles. The lowest BCUT2D eigenvalue weighted by Gasteiger charge is -2.09. The summed E-state index contributed by atoms with van der Waals surface area (Å²) in [5.74, 6) is 0. The Morgan fingerprint density at radius 1 is 1.43 bits per heavy atom. The molecule has 0 aromatic heterocycles. The molecule has 0 fully saturated rings. The highest BCUT2D eigenvalue weighted by Crippen LogP contribution is 2.48. The molecular formula is C5H13PS. The summed E-state index contributed by atoms with van der Waals surface area (Å²) in [5, 5.41) is 0. The summed E-state index contributed by atoms with van der Waals surface area (Å²) in [6.07, 6.45) is 5.34. The Labute approximate surface area is 51.4 Å². The van der Waals surface area contributed by atoms with Gasteiger partial charge in [0, 0.05) is 0 Å². The number of hydrogen-bond acceptors (Lipinski definition) is 1. The standard InChI is InChI=1S/C5H13PS/c1-4-6(3,7)5-2/h7H,3-5H2,1-2H3. The van der Waals surface area contributed by atoms with Crippen LogP contribution in [0.5, 0.6) is 0 Å². The van der Waals surface area contributed by atoms with Crippen molar-refractivity contribution in [2.45, 2.75) is 13.8 Å². The highest BCUT2D eigenvalue weighted by atomic mass is 32.7. The van der Waals surface area contributed by atoms with Gasteiger partial charge in [-0.3, -0.25) is 0 Å². The molecule has 0 rings (SSSR count). The fourth-order valence-corrected chi connectivity index (χ4v) is 0.671. The average molecular weight is 136 g/mol. The lowest BCUT2D eigenvalue weighted by molar-refractivity contribution is 1.43. The zero-order valence-electron chi connectivity index (χ0n) is 5.02. The van der Waals surface area contributed by atoms with E-state index in [-0.39, 0.29) is 0 Å². The highest BCUT2D eigenvalue weighted by molar-refractivity contribution is 8.51. The summed E-state index contributed by atoms with van der Waals surface area (Å²) in [6.45, 7) is 4.30. The summed E-state index contributed by atoms with van der Waals surface area (Å²) < 4.78 is 0. The molecule has 0 aliphatic carbocycles. The van der Waals surface area contributed by atoms with E-state index in [1.54, 1.807) is 0 Å². The van der Waals surface area contributed by atoms with Crippen LogP contribution in [-0.2, 0) is 0 Å². The fraction of sp³-hybridized carbons (Fsp3) is 0.800. The van der Waals surface area contributed by atoms with Gasteiger partial charge in [0.05, 0.1) is 0 Å². The number of hydrogen-bond donors (Lipinski definition) is 1. The minimum atomic E-state index is -0.960. The molecule has 0 bridgehead atoms. The molecular weight excluding hydrogens is 123 g/mol. The zero-order chi connectivity index (χ0) is 5.91. The fourth-order valence-electron chi connectivity index (χ4n) is 0.224. The average Bonchev–Trinajstić information content (AvgIpc) is 1.68. The van der Waals surface area contributed by atoms with E-state index >= 15 is 0 Å². The molecule has 2 heteroatoms. The maximum absolute atomic E-state index is 4.39. The van der Waals surface area contributed by atoms with E-state index in [9.17, 15) is 0 Å². The van der Waals surface area contributed by atoms with Gasteiger partial charge >= 0.3 is 0 Å². The molecule has 0 aromatic carbocycles. The van der Waals surface area contributed by atoms with E-state index in [4.69, 9.17) is 0 Å². The molecule has 0 unspecified atom stereocenters. The maximum atomic E-state index is 4.39. The first kappa shape index (κ1) is 7.65. The quantitative estimate of drug-likeness (QED) is 0.437. The SMILES string of the molecule is C=P(S)(CC)CC. The molecule has 0 aliphatic rings. The molecule has 44 valence electrons. The predicted octanol–water partition coefficient (Wildman–Crippen LogP) is 2.32. The van der Waals surface area contributed by atoms with Gasteiger partial charge in [0.2, 0.25) is 0 Å². The van der Waals surface area contributed by atoms with E-state index in [0.717, 1.165) is 12.3 Å². The summed E-state index contributed by atoms with van der Waals surface area (Å²) >= 11 is 4.39. The van der Waals surface area contributed by atoms with Gasteiger partial charge in [0.25, 0.3) is 0 Å². The lowest BCUT2D eigenvalue weighted by atomic mass is 11.0. The van der Waals surface area contributed by atoms with Crippen molar-refractivity contribution in [1.82, 2.24) is 0 Å². The number of rotatable bonds is 2. The monoisotopic (exact) mass is 136 g/mol. The third-order valence-corrected chi connectivity index (χ3v) is 5.23. The molecule has 0 nitrogen and oxygen atoms in total. The van der Waals surface area contributed by atoms with Crippen LogP contribution in [0, 0.1) is 0 Å². The second kappa shape index (κ2) is 2.84. The largest absolute Gasteiger partial charge is 0.153 e. The van der Waals surface area contributed by atoms with Gasteiger partial charge in [-0.05, 0) is 12.3 Å². The molecule has 0 heterocycles. The summed E-state index contributed by atoms with van der Waals surface area (Å²) in [5.41, 5.74) is 0. The van der Waals surface area contributed by atoms with Crippen LogP contribution in [0.3, 0.4) is 0 Å². The predicted molar refractivity (Wildman–Crippen MR) is 44.1 cm³/mol. The first-order valence-electron chi connectivity index (χ1n) is 2.56. The zero-order valence-corrected chi connectivity index (χ0v) is 6.80. The van der Waals surface area contributed by atoms with Gasteiger partial charge in [0.1, 0.15) is 0 Å². The lowest BCUT2D eigenvalue weighted by Crippen LogP contribution is -1.78. The van der Waals surface area contributed by atoms with Crippen LogP contribution < -0.4 is 0 Å². The molecule has 7 heavy (non-hydrogen) atoms. The van der Waals surface area contributed by atoms with Gasteiger partial charge in [-0.2, -0.15) is 12.2 Å². The van der Waals surface area contributed by atoms with Crippen molar-refractivity contribution < 1.29 is 0 Å². The highest BCUT2D eigenvalue weighted by Gasteiger charge is 1.98. The molecule has 0 amide bonds. The van der Waals surface area contributed by atoms with Crippen LogP contribution in [0.15, 0.2) is 0 Å². The van der Waals surface area contributed by atoms with Crippen molar-refractivity contribution in [2.75, 3.05) is 12.3 Å². The molecule has 0 saturated heterocycles. The van der Waals surface area contributed by atoms with Crippen molar-refractivity contribution in [2.24, 2.45) is 0 Å². The van der Waals surface area contributed by atoms with Gasteiger partial charge < -0.3 is 0 Å². The smallest absolute Gasteiger partial charge is 0.0277 e. The molecule has 0 aliphatic heterocycles. The Bertz CT molecular complexity index is 80.1. The second-order valence-electron chi connectivity index (χ2n) is 1.73. The minimum Gasteiger partial charge on any atom is -0.153 e. The summed E-state index contributed by atoms with van der Waals surface area (Å²) in [4.78, 5) is 0. The summed E-state index contributed by atoms with van der Waals surface area (Å²) in [7, 11) is 0. The van der Waals surface area contributed by atoms with Gasteiger partial charge in [0.15, 0.2) is 0 Å². The first-order chi connectivity index (χ1) is 3.12. The van der Waals surface area contributed by atoms with Gasteiger partial charge in [-0.1, -0.05) is 26.2 Å². The van der Waals surface area contributed by atoms with Crippen molar-refractivity contribution in [1.29, 1.82) is 0 Å². The van der Waals surface area contributed by atoms with Gasteiger partial charge in [-0.15, -0.1) is 0 Å². The molecule has 0 radical (unpaired) electrons. The minimum absolute atomic E-state index is 0.960. The topological polar surface area (TPSA) is 0 Å². The second-order valence-corrected chi connectivity index (χ2v) is 7.73. The Balaban J connectivity index is 3.61. The Morgan fingerprint density at radius 2 is 1.71 bits per heavy atom. The van der Waals surface area contributed by atoms with E-state index < -0.39 is 6.09 Å². The van der Waals surface area contributed by atoms with Crippen molar-refractivity contribution in [3.05, 3.63) is 0 Å². The first-order valence-corrected chi connectivity index (χ1v) is 6.06. The van der Waals surface area contributed by atoms with Crippen LogP contribution in [0.1, 0.15) is 13.8 Å². The third kappa shape index (κ3) is 3.25. The van der Waals surface area contributed by atoms with E-state index in [1.807, 2.05) is 0 Å². The van der Waals surface area contributed by atoms with Crippen LogP contribution in [0.2, 0.25) is 0 Å². The molecule has 0 spiro atoms. The van der Waals surface area contributed by atoms with Crippen molar-refractivity contribution in [3.8, 4) is 0 Å². The third-order valence-electron chi connectivity index (χ3n) is 1.18. The van der Waals surface area contributed by atoms with E-state index in [2.05, 4.69) is 32.4 Å². The van der Waals surface area contributed by atoms with Crippen LogP contribution >= 0.6 is 18.3 Å². The Kier molecular flexibility index (Phi) is 3.10. The Morgan fingerprint density at radius 3 is 1.71 bits per heavy atom. The van der Waals surface area contributed by atoms with E-state index in [0.29, 0.717) is 0 Å². The number of thiol groups is 1. The molecule has 0 atom stereocenters. The maximum Gasteiger partial charge on any atom is -0.0277 e.